The number of hydrogen-bond acceptors (Lipinski definition) is 2. The van der Waals surface area contributed by atoms with E-state index in [9.17, 15) is 14.7 Å². The minimum Gasteiger partial charge on any atom is -0.480 e. The third-order valence-corrected chi connectivity index (χ3v) is 3.58. The maximum atomic E-state index is 12.5. The van der Waals surface area contributed by atoms with Crippen LogP contribution in [0.3, 0.4) is 0 Å². The molecule has 1 aliphatic heterocycles. The highest BCUT2D eigenvalue weighted by atomic mass is 35.5. The number of halogens is 1. The number of carbonyl (C=O) groups is 2. The van der Waals surface area contributed by atoms with Crippen molar-refractivity contribution >= 4 is 29.2 Å². The molecule has 20 heavy (non-hydrogen) atoms. The number of carboxylic acid groups (broad SMARTS) is 1. The van der Waals surface area contributed by atoms with Gasteiger partial charge in [-0.15, -0.1) is 0 Å². The van der Waals surface area contributed by atoms with Gasteiger partial charge in [0, 0.05) is 18.3 Å². The number of fused-ring (bicyclic) bond motifs is 1. The van der Waals surface area contributed by atoms with Gasteiger partial charge in [0.2, 0.25) is 0 Å². The first-order valence-corrected chi connectivity index (χ1v) is 6.44. The number of H-pyrrole nitrogens is 1. The summed E-state index contributed by atoms with van der Waals surface area (Å²) in [6, 6.07) is 7.80. The van der Waals surface area contributed by atoms with Crippen molar-refractivity contribution in [3.05, 3.63) is 52.8 Å². The molecule has 2 heterocycles. The van der Waals surface area contributed by atoms with E-state index in [0.29, 0.717) is 17.1 Å². The van der Waals surface area contributed by atoms with Crippen LogP contribution in [0.25, 0.3) is 0 Å². The Bertz CT molecular complexity index is 695. The Hall–Kier alpha value is -2.27. The Morgan fingerprint density at radius 1 is 1.35 bits per heavy atom. The quantitative estimate of drug-likeness (QED) is 0.891. The lowest BCUT2D eigenvalue weighted by Gasteiger charge is -2.21. The number of nitrogens with one attached hydrogen (secondary N) is 1. The average molecular weight is 291 g/mol. The fourth-order valence-electron chi connectivity index (χ4n) is 2.46. The number of anilines is 1. The Kier molecular flexibility index (Phi) is 2.99. The van der Waals surface area contributed by atoms with E-state index in [1.54, 1.807) is 12.1 Å². The predicted molar refractivity (Wildman–Crippen MR) is 74.2 cm³/mol. The van der Waals surface area contributed by atoms with Crippen LogP contribution in [0.1, 0.15) is 16.1 Å². The number of aromatic amines is 1. The molecule has 0 aliphatic carbocycles. The van der Waals surface area contributed by atoms with Crippen molar-refractivity contribution in [3.63, 3.8) is 0 Å². The zero-order valence-corrected chi connectivity index (χ0v) is 11.1. The summed E-state index contributed by atoms with van der Waals surface area (Å²) in [6.45, 7) is 0. The van der Waals surface area contributed by atoms with Gasteiger partial charge in [-0.2, -0.15) is 0 Å². The highest BCUT2D eigenvalue weighted by Gasteiger charge is 2.38. The summed E-state index contributed by atoms with van der Waals surface area (Å²) in [6.07, 6.45) is 1.80. The third-order valence-electron chi connectivity index (χ3n) is 3.36. The van der Waals surface area contributed by atoms with Crippen molar-refractivity contribution in [3.8, 4) is 0 Å². The number of rotatable bonds is 2. The van der Waals surface area contributed by atoms with Gasteiger partial charge in [0.1, 0.15) is 11.7 Å². The van der Waals surface area contributed by atoms with Crippen molar-refractivity contribution in [2.75, 3.05) is 4.90 Å². The Labute approximate surface area is 119 Å². The molecule has 0 bridgehead atoms. The van der Waals surface area contributed by atoms with Crippen LogP contribution < -0.4 is 4.90 Å². The minimum absolute atomic E-state index is 0.276. The second-order valence-electron chi connectivity index (χ2n) is 4.59. The second kappa shape index (κ2) is 4.68. The molecule has 2 N–H and O–H groups in total. The lowest BCUT2D eigenvalue weighted by Crippen LogP contribution is -2.43. The lowest BCUT2D eigenvalue weighted by molar-refractivity contribution is -0.138. The van der Waals surface area contributed by atoms with E-state index in [4.69, 9.17) is 11.6 Å². The Balaban J connectivity index is 2.04. The molecule has 1 aromatic carbocycles. The molecule has 0 fully saturated rings. The van der Waals surface area contributed by atoms with E-state index in [1.807, 2.05) is 12.1 Å². The normalized spacial score (nSPS) is 17.1. The number of hydrogen-bond donors (Lipinski definition) is 2. The first-order valence-electron chi connectivity index (χ1n) is 6.06. The number of carbonyl (C=O) groups excluding carboxylic acids is 1. The SMILES string of the molecule is O=C(O)C1Cc2ccccc2N1C(=O)c1cc(Cl)c[nH]1. The fraction of sp³-hybridized carbons (Fsp3) is 0.143. The van der Waals surface area contributed by atoms with E-state index >= 15 is 0 Å². The number of aromatic nitrogens is 1. The van der Waals surface area contributed by atoms with Crippen LogP contribution in [-0.4, -0.2) is 28.0 Å². The summed E-state index contributed by atoms with van der Waals surface area (Å²) < 4.78 is 0. The number of carboxylic acids is 1. The first kappa shape index (κ1) is 12.7. The molecule has 0 radical (unpaired) electrons. The molecule has 102 valence electrons. The monoisotopic (exact) mass is 290 g/mol. The molecule has 0 spiro atoms. The van der Waals surface area contributed by atoms with Gasteiger partial charge >= 0.3 is 5.97 Å². The molecular formula is C14H11ClN2O3. The van der Waals surface area contributed by atoms with Crippen LogP contribution in [0.15, 0.2) is 36.5 Å². The molecule has 1 amide bonds. The number of benzene rings is 1. The number of para-hydroxylation sites is 1. The van der Waals surface area contributed by atoms with Crippen LogP contribution in [0.2, 0.25) is 5.02 Å². The van der Waals surface area contributed by atoms with Gasteiger partial charge in [-0.1, -0.05) is 29.8 Å². The summed E-state index contributed by atoms with van der Waals surface area (Å²) in [7, 11) is 0. The van der Waals surface area contributed by atoms with E-state index < -0.39 is 17.9 Å². The van der Waals surface area contributed by atoms with Crippen molar-refractivity contribution in [2.45, 2.75) is 12.5 Å². The van der Waals surface area contributed by atoms with Gasteiger partial charge in [0.05, 0.1) is 5.02 Å². The van der Waals surface area contributed by atoms with Crippen molar-refractivity contribution < 1.29 is 14.7 Å². The highest BCUT2D eigenvalue weighted by molar-refractivity contribution is 6.31. The largest absolute Gasteiger partial charge is 0.480 e. The first-order chi connectivity index (χ1) is 9.58. The van der Waals surface area contributed by atoms with E-state index in [0.717, 1.165) is 5.56 Å². The maximum Gasteiger partial charge on any atom is 0.327 e. The van der Waals surface area contributed by atoms with E-state index in [2.05, 4.69) is 4.98 Å². The number of aliphatic carboxylic acids is 1. The molecule has 1 unspecified atom stereocenters. The van der Waals surface area contributed by atoms with Crippen LogP contribution in [0.5, 0.6) is 0 Å². The molecule has 1 aromatic heterocycles. The van der Waals surface area contributed by atoms with Gasteiger partial charge in [-0.25, -0.2) is 4.79 Å². The topological polar surface area (TPSA) is 73.4 Å². The van der Waals surface area contributed by atoms with Crippen LogP contribution >= 0.6 is 11.6 Å². The average Bonchev–Trinajstić information content (AvgIpc) is 3.01. The lowest BCUT2D eigenvalue weighted by atomic mass is 10.1. The van der Waals surface area contributed by atoms with Crippen LogP contribution in [-0.2, 0) is 11.2 Å². The highest BCUT2D eigenvalue weighted by Crippen LogP contribution is 2.33. The summed E-state index contributed by atoms with van der Waals surface area (Å²) in [4.78, 5) is 28.0. The third kappa shape index (κ3) is 1.96. The second-order valence-corrected chi connectivity index (χ2v) is 5.03. The minimum atomic E-state index is -1.02. The Morgan fingerprint density at radius 3 is 2.75 bits per heavy atom. The van der Waals surface area contributed by atoms with E-state index in [-0.39, 0.29) is 5.69 Å². The molecule has 3 rings (SSSR count). The Morgan fingerprint density at radius 2 is 2.10 bits per heavy atom. The zero-order valence-electron chi connectivity index (χ0n) is 10.3. The zero-order chi connectivity index (χ0) is 14.3. The van der Waals surface area contributed by atoms with Gasteiger partial charge in [-0.3, -0.25) is 9.69 Å². The fourth-order valence-corrected chi connectivity index (χ4v) is 2.62. The van der Waals surface area contributed by atoms with Gasteiger partial charge in [0.15, 0.2) is 0 Å². The molecule has 0 saturated carbocycles. The molecule has 1 aliphatic rings. The van der Waals surface area contributed by atoms with Crippen molar-refractivity contribution in [1.29, 1.82) is 0 Å². The summed E-state index contributed by atoms with van der Waals surface area (Å²) >= 11 is 5.79. The molecule has 6 heteroatoms. The summed E-state index contributed by atoms with van der Waals surface area (Å²) in [5, 5.41) is 9.74. The molecule has 5 nitrogen and oxygen atoms in total. The molecule has 2 aromatic rings. The molecular weight excluding hydrogens is 280 g/mol. The maximum absolute atomic E-state index is 12.5. The van der Waals surface area contributed by atoms with Gasteiger partial charge in [0.25, 0.3) is 5.91 Å². The van der Waals surface area contributed by atoms with Crippen molar-refractivity contribution in [1.82, 2.24) is 4.98 Å². The van der Waals surface area contributed by atoms with E-state index in [1.165, 1.54) is 17.2 Å². The predicted octanol–water partition coefficient (Wildman–Crippen LogP) is 2.32. The number of nitrogens with zero attached hydrogens (tertiary/aromatic N) is 1. The molecule has 0 saturated heterocycles. The summed E-state index contributed by atoms with van der Waals surface area (Å²) in [5.41, 5.74) is 1.76. The van der Waals surface area contributed by atoms with Crippen LogP contribution in [0, 0.1) is 0 Å². The summed E-state index contributed by atoms with van der Waals surface area (Å²) in [5.74, 6) is -1.42. The standard InChI is InChI=1S/C14H11ClN2O3/c15-9-6-10(16-7-9)13(18)17-11-4-2-1-3-8(11)5-12(17)14(19)20/h1-4,6-7,12,16H,5H2,(H,19,20). The van der Waals surface area contributed by atoms with Gasteiger partial charge < -0.3 is 10.1 Å². The van der Waals surface area contributed by atoms with Crippen LogP contribution in [0.4, 0.5) is 5.69 Å². The molecule has 1 atom stereocenters. The van der Waals surface area contributed by atoms with Crippen molar-refractivity contribution in [2.24, 2.45) is 0 Å². The van der Waals surface area contributed by atoms with Gasteiger partial charge in [-0.05, 0) is 17.7 Å². The number of amides is 1. The smallest absolute Gasteiger partial charge is 0.327 e.